The second-order valence-electron chi connectivity index (χ2n) is 3.51. The van der Waals surface area contributed by atoms with E-state index in [4.69, 9.17) is 5.21 Å². The van der Waals surface area contributed by atoms with Crippen LogP contribution in [0, 0.1) is 10.1 Å². The molecule has 0 aliphatic carbocycles. The van der Waals surface area contributed by atoms with Crippen LogP contribution in [-0.4, -0.2) is 20.8 Å². The third-order valence-electron chi connectivity index (χ3n) is 2.45. The Morgan fingerprint density at radius 1 is 1.53 bits per heavy atom. The topological polar surface area (TPSA) is 88.6 Å². The quantitative estimate of drug-likeness (QED) is 0.372. The van der Waals surface area contributed by atoms with Gasteiger partial charge in [0, 0.05) is 23.2 Å². The fourth-order valence-electron chi connectivity index (χ4n) is 1.58. The van der Waals surface area contributed by atoms with E-state index in [0.717, 1.165) is 0 Å². The zero-order chi connectivity index (χ0) is 12.4. The van der Waals surface area contributed by atoms with Crippen molar-refractivity contribution in [3.8, 4) is 0 Å². The molecule has 86 valence electrons. The maximum atomic E-state index is 10.9. The summed E-state index contributed by atoms with van der Waals surface area (Å²) in [5.74, 6) is 0. The van der Waals surface area contributed by atoms with Crippen molar-refractivity contribution in [2.45, 2.75) is 6.92 Å². The number of fused-ring (bicyclic) bond motifs is 1. The zero-order valence-corrected chi connectivity index (χ0v) is 8.99. The van der Waals surface area contributed by atoms with Gasteiger partial charge in [-0.3, -0.25) is 10.1 Å². The smallest absolute Gasteiger partial charge is 0.296 e. The number of nitrogens with zero attached hydrogens (tertiary/aromatic N) is 3. The Morgan fingerprint density at radius 3 is 2.94 bits per heavy atom. The average Bonchev–Trinajstić information content (AvgIpc) is 2.36. The summed E-state index contributed by atoms with van der Waals surface area (Å²) in [6, 6.07) is 6.47. The van der Waals surface area contributed by atoms with Crippen LogP contribution in [0.5, 0.6) is 0 Å². The van der Waals surface area contributed by atoms with Gasteiger partial charge >= 0.3 is 0 Å². The van der Waals surface area contributed by atoms with E-state index < -0.39 is 4.92 Å². The molecule has 0 amide bonds. The molecule has 1 heterocycles. The lowest BCUT2D eigenvalue weighted by atomic mass is 10.1. The van der Waals surface area contributed by atoms with Gasteiger partial charge in [-0.2, -0.15) is 0 Å². The molecule has 0 saturated carbocycles. The Balaban J connectivity index is 2.80. The number of nitro groups is 1. The molecule has 6 heteroatoms. The summed E-state index contributed by atoms with van der Waals surface area (Å²) in [7, 11) is 0. The summed E-state index contributed by atoms with van der Waals surface area (Å²) in [6.45, 7) is 1.57. The van der Waals surface area contributed by atoms with Gasteiger partial charge in [-0.1, -0.05) is 11.2 Å². The van der Waals surface area contributed by atoms with Gasteiger partial charge in [0.15, 0.2) is 0 Å². The minimum atomic E-state index is -0.497. The van der Waals surface area contributed by atoms with Crippen molar-refractivity contribution < 1.29 is 10.1 Å². The number of rotatable bonds is 2. The molecule has 0 bridgehead atoms. The van der Waals surface area contributed by atoms with Crippen molar-refractivity contribution in [1.29, 1.82) is 0 Å². The monoisotopic (exact) mass is 231 g/mol. The number of pyridine rings is 1. The number of non-ortho nitro benzene ring substituents is 1. The molecule has 0 saturated heterocycles. The molecule has 2 aromatic rings. The molecule has 0 fully saturated rings. The standard InChI is InChI=1S/C11H9N3O3/c1-7(13-15)9-5-8-3-2-4-12-11(8)10(6-9)14(16)17/h2-6,15H,1H3/b13-7-. The number of hydrogen-bond donors (Lipinski definition) is 1. The molecule has 0 unspecified atom stereocenters. The van der Waals surface area contributed by atoms with Gasteiger partial charge in [-0.05, 0) is 19.1 Å². The van der Waals surface area contributed by atoms with Crippen LogP contribution in [-0.2, 0) is 0 Å². The lowest BCUT2D eigenvalue weighted by Crippen LogP contribution is -1.98. The first-order valence-electron chi connectivity index (χ1n) is 4.85. The first-order valence-corrected chi connectivity index (χ1v) is 4.85. The van der Waals surface area contributed by atoms with E-state index in [9.17, 15) is 10.1 Å². The highest BCUT2D eigenvalue weighted by Crippen LogP contribution is 2.25. The Morgan fingerprint density at radius 2 is 2.29 bits per heavy atom. The highest BCUT2D eigenvalue weighted by Gasteiger charge is 2.15. The van der Waals surface area contributed by atoms with Gasteiger partial charge < -0.3 is 5.21 Å². The Kier molecular flexibility index (Phi) is 2.70. The first kappa shape index (κ1) is 11.0. The SMILES string of the molecule is C/C(=N/O)c1cc([N+](=O)[O-])c2ncccc2c1. The van der Waals surface area contributed by atoms with Gasteiger partial charge in [-0.15, -0.1) is 0 Å². The predicted molar refractivity (Wildman–Crippen MR) is 62.4 cm³/mol. The van der Waals surface area contributed by atoms with Crippen LogP contribution in [0.15, 0.2) is 35.6 Å². The summed E-state index contributed by atoms with van der Waals surface area (Å²) in [4.78, 5) is 14.4. The number of nitro benzene ring substituents is 1. The van der Waals surface area contributed by atoms with E-state index in [2.05, 4.69) is 10.1 Å². The number of benzene rings is 1. The number of oxime groups is 1. The molecule has 0 aliphatic heterocycles. The van der Waals surface area contributed by atoms with E-state index in [1.54, 1.807) is 25.1 Å². The van der Waals surface area contributed by atoms with Crippen LogP contribution >= 0.6 is 0 Å². The second kappa shape index (κ2) is 4.17. The summed E-state index contributed by atoms with van der Waals surface area (Å²) in [5.41, 5.74) is 1.05. The van der Waals surface area contributed by atoms with Gasteiger partial charge in [0.25, 0.3) is 5.69 Å². The fraction of sp³-hybridized carbons (Fsp3) is 0.0909. The highest BCUT2D eigenvalue weighted by atomic mass is 16.6. The Labute approximate surface area is 96.4 Å². The molecule has 1 aromatic heterocycles. The molecule has 1 N–H and O–H groups in total. The molecular formula is C11H9N3O3. The Bertz CT molecular complexity index is 622. The third-order valence-corrected chi connectivity index (χ3v) is 2.45. The van der Waals surface area contributed by atoms with E-state index in [1.165, 1.54) is 12.3 Å². The van der Waals surface area contributed by atoms with Gasteiger partial charge in [0.2, 0.25) is 0 Å². The zero-order valence-electron chi connectivity index (χ0n) is 8.99. The summed E-state index contributed by atoms with van der Waals surface area (Å²) in [6.07, 6.45) is 1.50. The molecule has 0 aliphatic rings. The predicted octanol–water partition coefficient (Wildman–Crippen LogP) is 2.34. The molecular weight excluding hydrogens is 222 g/mol. The lowest BCUT2D eigenvalue weighted by Gasteiger charge is -2.02. The van der Waals surface area contributed by atoms with Crippen LogP contribution in [0.1, 0.15) is 12.5 Å². The van der Waals surface area contributed by atoms with E-state index >= 15 is 0 Å². The minimum Gasteiger partial charge on any atom is -0.411 e. The van der Waals surface area contributed by atoms with Gasteiger partial charge in [0.05, 0.1) is 10.6 Å². The van der Waals surface area contributed by atoms with Crippen molar-refractivity contribution in [3.05, 3.63) is 46.1 Å². The third kappa shape index (κ3) is 1.92. The van der Waals surface area contributed by atoms with E-state index in [0.29, 0.717) is 22.2 Å². The minimum absolute atomic E-state index is 0.0962. The maximum Gasteiger partial charge on any atom is 0.296 e. The van der Waals surface area contributed by atoms with Crippen molar-refractivity contribution in [2.24, 2.45) is 5.16 Å². The Hall–Kier alpha value is -2.50. The fourth-order valence-corrected chi connectivity index (χ4v) is 1.58. The van der Waals surface area contributed by atoms with Gasteiger partial charge in [-0.25, -0.2) is 4.98 Å². The largest absolute Gasteiger partial charge is 0.411 e. The molecule has 6 nitrogen and oxygen atoms in total. The van der Waals surface area contributed by atoms with Crippen molar-refractivity contribution >= 4 is 22.3 Å². The van der Waals surface area contributed by atoms with Crippen molar-refractivity contribution in [3.63, 3.8) is 0 Å². The summed E-state index contributed by atoms with van der Waals surface area (Å²) in [5, 5.41) is 23.3. The molecule has 0 atom stereocenters. The van der Waals surface area contributed by atoms with Crippen LogP contribution in [0.3, 0.4) is 0 Å². The number of aromatic nitrogens is 1. The second-order valence-corrected chi connectivity index (χ2v) is 3.51. The molecule has 2 rings (SSSR count). The molecule has 17 heavy (non-hydrogen) atoms. The summed E-state index contributed by atoms with van der Waals surface area (Å²) < 4.78 is 0. The van der Waals surface area contributed by atoms with Crippen molar-refractivity contribution in [1.82, 2.24) is 4.98 Å². The molecule has 1 aromatic carbocycles. The van der Waals surface area contributed by atoms with Crippen LogP contribution in [0.2, 0.25) is 0 Å². The van der Waals surface area contributed by atoms with Crippen molar-refractivity contribution in [2.75, 3.05) is 0 Å². The van der Waals surface area contributed by atoms with E-state index in [-0.39, 0.29) is 5.69 Å². The van der Waals surface area contributed by atoms with Crippen LogP contribution in [0.25, 0.3) is 10.9 Å². The first-order chi connectivity index (χ1) is 8.13. The maximum absolute atomic E-state index is 10.9. The highest BCUT2D eigenvalue weighted by molar-refractivity contribution is 6.03. The molecule has 0 spiro atoms. The number of hydrogen-bond acceptors (Lipinski definition) is 5. The van der Waals surface area contributed by atoms with Gasteiger partial charge in [0.1, 0.15) is 5.52 Å². The summed E-state index contributed by atoms with van der Waals surface area (Å²) >= 11 is 0. The van der Waals surface area contributed by atoms with Crippen LogP contribution < -0.4 is 0 Å². The molecule has 0 radical (unpaired) electrons. The normalized spacial score (nSPS) is 11.7. The average molecular weight is 231 g/mol. The van der Waals surface area contributed by atoms with E-state index in [1.807, 2.05) is 0 Å². The van der Waals surface area contributed by atoms with Crippen LogP contribution in [0.4, 0.5) is 5.69 Å². The lowest BCUT2D eigenvalue weighted by molar-refractivity contribution is -0.383.